The van der Waals surface area contributed by atoms with Crippen molar-refractivity contribution < 1.29 is 42.1 Å². The number of unbranched alkanes of at least 4 members (excludes halogenated alkanes) is 14. The van der Waals surface area contributed by atoms with Crippen molar-refractivity contribution >= 4 is 19.8 Å². The maximum atomic E-state index is 12.6. The number of rotatable bonds is 34. The van der Waals surface area contributed by atoms with E-state index in [9.17, 15) is 19.0 Å². The van der Waals surface area contributed by atoms with Crippen molar-refractivity contribution in [3.8, 4) is 0 Å². The number of phosphoric acid groups is 1. The van der Waals surface area contributed by atoms with Crippen LogP contribution in [0.1, 0.15) is 149 Å². The predicted molar refractivity (Wildman–Crippen MR) is 201 cm³/mol. The molecule has 2 unspecified atom stereocenters. The second-order valence-electron chi connectivity index (χ2n) is 14.0. The number of nitrogens with zero attached hydrogens (tertiary/aromatic N) is 1. The number of carbonyl (C=O) groups is 2. The summed E-state index contributed by atoms with van der Waals surface area (Å²) in [4.78, 5) is 35.0. The standard InChI is InChI=1S/C39H72NO8P/c1-6-8-10-12-14-15-16-17-18-19-20-21-22-23-24-25-26-28-30-32-39(42)48-37(35-45-38(41)31-29-27-13-11-9-7-2)36-47-49(43,44)46-34-33-40(3,4)5/h14-15,17-18,20-21,37H,6-13,16,19,22-36H2,1-5H3/p+1/b15-14-,18-17-,21-20-. The number of esters is 2. The van der Waals surface area contributed by atoms with Crippen LogP contribution in [0.3, 0.4) is 0 Å². The summed E-state index contributed by atoms with van der Waals surface area (Å²) in [6.45, 7) is 4.29. The molecule has 0 radical (unpaired) electrons. The molecule has 0 aromatic heterocycles. The first-order valence-electron chi connectivity index (χ1n) is 19.2. The second kappa shape index (κ2) is 32.2. The number of hydrogen-bond acceptors (Lipinski definition) is 7. The third kappa shape index (κ3) is 35.8. The van der Waals surface area contributed by atoms with Crippen LogP contribution in [0.25, 0.3) is 0 Å². The Bertz CT molecular complexity index is 944. The third-order valence-electron chi connectivity index (χ3n) is 7.92. The molecular formula is C39H73NO8P+. The molecule has 49 heavy (non-hydrogen) atoms. The normalized spacial score (nSPS) is 14.2. The van der Waals surface area contributed by atoms with Gasteiger partial charge in [0.15, 0.2) is 6.10 Å². The van der Waals surface area contributed by atoms with Crippen LogP contribution in [-0.2, 0) is 32.7 Å². The van der Waals surface area contributed by atoms with Gasteiger partial charge in [-0.3, -0.25) is 18.6 Å². The zero-order valence-corrected chi connectivity index (χ0v) is 32.8. The van der Waals surface area contributed by atoms with Crippen LogP contribution < -0.4 is 0 Å². The van der Waals surface area contributed by atoms with Crippen molar-refractivity contribution in [3.05, 3.63) is 36.5 Å². The highest BCUT2D eigenvalue weighted by Crippen LogP contribution is 2.43. The van der Waals surface area contributed by atoms with Gasteiger partial charge in [0.2, 0.25) is 0 Å². The molecule has 0 amide bonds. The summed E-state index contributed by atoms with van der Waals surface area (Å²) < 4.78 is 34.0. The summed E-state index contributed by atoms with van der Waals surface area (Å²) in [6.07, 6.45) is 33.6. The molecule has 0 bridgehead atoms. The Kier molecular flexibility index (Phi) is 31.0. The monoisotopic (exact) mass is 715 g/mol. The Morgan fingerprint density at radius 2 is 1.10 bits per heavy atom. The fourth-order valence-electron chi connectivity index (χ4n) is 4.84. The molecule has 0 spiro atoms. The van der Waals surface area contributed by atoms with Gasteiger partial charge in [0, 0.05) is 12.8 Å². The first-order valence-corrected chi connectivity index (χ1v) is 20.7. The van der Waals surface area contributed by atoms with Gasteiger partial charge in [0.1, 0.15) is 19.8 Å². The lowest BCUT2D eigenvalue weighted by Gasteiger charge is -2.24. The van der Waals surface area contributed by atoms with Crippen molar-refractivity contribution in [1.82, 2.24) is 0 Å². The van der Waals surface area contributed by atoms with Crippen molar-refractivity contribution in [3.63, 3.8) is 0 Å². The predicted octanol–water partition coefficient (Wildman–Crippen LogP) is 10.2. The van der Waals surface area contributed by atoms with E-state index in [1.54, 1.807) is 0 Å². The minimum Gasteiger partial charge on any atom is -0.462 e. The molecule has 2 atom stereocenters. The number of quaternary nitrogens is 1. The number of allylic oxidation sites excluding steroid dienone is 6. The molecule has 0 aromatic rings. The minimum atomic E-state index is -4.36. The van der Waals surface area contributed by atoms with Crippen LogP contribution >= 0.6 is 7.82 Å². The Balaban J connectivity index is 4.34. The Morgan fingerprint density at radius 3 is 1.67 bits per heavy atom. The molecule has 0 rings (SSSR count). The van der Waals surface area contributed by atoms with E-state index in [2.05, 4.69) is 50.3 Å². The van der Waals surface area contributed by atoms with Crippen molar-refractivity contribution in [1.29, 1.82) is 0 Å². The Morgan fingerprint density at radius 1 is 0.633 bits per heavy atom. The van der Waals surface area contributed by atoms with E-state index < -0.39 is 26.5 Å². The number of phosphoric ester groups is 1. The number of ether oxygens (including phenoxy) is 2. The van der Waals surface area contributed by atoms with Crippen LogP contribution in [0.2, 0.25) is 0 Å². The summed E-state index contributed by atoms with van der Waals surface area (Å²) in [7, 11) is 1.46. The van der Waals surface area contributed by atoms with E-state index in [4.69, 9.17) is 18.5 Å². The van der Waals surface area contributed by atoms with E-state index >= 15 is 0 Å². The molecule has 9 nitrogen and oxygen atoms in total. The molecule has 1 N–H and O–H groups in total. The van der Waals surface area contributed by atoms with Gasteiger partial charge in [-0.1, -0.05) is 121 Å². The average Bonchev–Trinajstić information content (AvgIpc) is 3.04. The smallest absolute Gasteiger partial charge is 0.462 e. The maximum absolute atomic E-state index is 12.6. The first-order chi connectivity index (χ1) is 23.5. The summed E-state index contributed by atoms with van der Waals surface area (Å²) >= 11 is 0. The maximum Gasteiger partial charge on any atom is 0.472 e. The van der Waals surface area contributed by atoms with Crippen molar-refractivity contribution in [2.45, 2.75) is 155 Å². The van der Waals surface area contributed by atoms with E-state index in [-0.39, 0.29) is 32.0 Å². The lowest BCUT2D eigenvalue weighted by atomic mass is 10.1. The van der Waals surface area contributed by atoms with Crippen LogP contribution in [0.15, 0.2) is 36.5 Å². The fraction of sp³-hybridized carbons (Fsp3) is 0.795. The van der Waals surface area contributed by atoms with E-state index in [0.717, 1.165) is 77.0 Å². The van der Waals surface area contributed by atoms with Gasteiger partial charge in [-0.05, 0) is 51.4 Å². The van der Waals surface area contributed by atoms with Crippen LogP contribution in [-0.4, -0.2) is 74.9 Å². The van der Waals surface area contributed by atoms with Crippen LogP contribution in [0.5, 0.6) is 0 Å². The molecule has 0 aliphatic heterocycles. The lowest BCUT2D eigenvalue weighted by molar-refractivity contribution is -0.870. The number of hydrogen-bond donors (Lipinski definition) is 1. The fourth-order valence-corrected chi connectivity index (χ4v) is 5.58. The highest BCUT2D eigenvalue weighted by atomic mass is 31.2. The number of likely N-dealkylation sites (N-methyl/N-ethyl adjacent to an activating group) is 1. The lowest BCUT2D eigenvalue weighted by Crippen LogP contribution is -2.37. The molecule has 0 saturated carbocycles. The second-order valence-corrected chi connectivity index (χ2v) is 15.4. The third-order valence-corrected chi connectivity index (χ3v) is 8.91. The highest BCUT2D eigenvalue weighted by Gasteiger charge is 2.27. The quantitative estimate of drug-likeness (QED) is 0.0231. The highest BCUT2D eigenvalue weighted by molar-refractivity contribution is 7.47. The molecule has 286 valence electrons. The van der Waals surface area contributed by atoms with Crippen molar-refractivity contribution in [2.75, 3.05) is 47.5 Å². The minimum absolute atomic E-state index is 0.0286. The summed E-state index contributed by atoms with van der Waals surface area (Å²) in [5.74, 6) is -0.826. The Hall–Kier alpha value is -1.77. The van der Waals surface area contributed by atoms with E-state index in [1.807, 2.05) is 21.1 Å². The van der Waals surface area contributed by atoms with Gasteiger partial charge in [-0.25, -0.2) is 4.57 Å². The molecule has 0 aromatic carbocycles. The summed E-state index contributed by atoms with van der Waals surface area (Å²) in [6, 6.07) is 0. The molecule has 0 saturated heterocycles. The van der Waals surface area contributed by atoms with Crippen LogP contribution in [0.4, 0.5) is 0 Å². The Labute approximate surface area is 300 Å². The summed E-state index contributed by atoms with van der Waals surface area (Å²) in [5, 5.41) is 0. The number of carbonyl (C=O) groups excluding carboxylic acids is 2. The average molecular weight is 715 g/mol. The van der Waals surface area contributed by atoms with Crippen molar-refractivity contribution in [2.24, 2.45) is 0 Å². The van der Waals surface area contributed by atoms with Gasteiger partial charge >= 0.3 is 19.8 Å². The van der Waals surface area contributed by atoms with E-state index in [1.165, 1.54) is 38.5 Å². The summed E-state index contributed by atoms with van der Waals surface area (Å²) in [5.41, 5.74) is 0. The largest absolute Gasteiger partial charge is 0.472 e. The topological polar surface area (TPSA) is 108 Å². The SMILES string of the molecule is CCCCC/C=C\C/C=C\C/C=C\CCCCCCCCC(=O)OC(COC(=O)CCCCCCCC)COP(=O)(O)OCC[N+](C)(C)C. The molecule has 0 fully saturated rings. The zero-order chi connectivity index (χ0) is 36.5. The molecule has 10 heteroatoms. The van der Waals surface area contributed by atoms with E-state index in [0.29, 0.717) is 17.4 Å². The zero-order valence-electron chi connectivity index (χ0n) is 31.9. The van der Waals surface area contributed by atoms with Crippen LogP contribution in [0, 0.1) is 0 Å². The molecule has 0 aliphatic carbocycles. The molecular weight excluding hydrogens is 641 g/mol. The van der Waals surface area contributed by atoms with Gasteiger partial charge in [-0.2, -0.15) is 0 Å². The van der Waals surface area contributed by atoms with Gasteiger partial charge in [0.25, 0.3) is 0 Å². The molecule has 0 aliphatic rings. The van der Waals surface area contributed by atoms with Gasteiger partial charge in [-0.15, -0.1) is 0 Å². The molecule has 0 heterocycles. The first kappa shape index (κ1) is 47.2. The van der Waals surface area contributed by atoms with Gasteiger partial charge < -0.3 is 18.9 Å². The van der Waals surface area contributed by atoms with Gasteiger partial charge in [0.05, 0.1) is 27.7 Å².